The summed E-state index contributed by atoms with van der Waals surface area (Å²) in [6.07, 6.45) is 0.370. The Kier molecular flexibility index (Phi) is 3.78. The molecule has 0 aliphatic heterocycles. The molecule has 0 aliphatic carbocycles. The normalized spacial score (nSPS) is 11.1. The van der Waals surface area contributed by atoms with Crippen LogP contribution < -0.4 is 5.32 Å². The zero-order valence-electron chi connectivity index (χ0n) is 7.76. The van der Waals surface area contributed by atoms with Crippen molar-refractivity contribution in [2.24, 2.45) is 0 Å². The summed E-state index contributed by atoms with van der Waals surface area (Å²) in [6.45, 7) is 1.75. The number of alkyl halides is 2. The van der Waals surface area contributed by atoms with Gasteiger partial charge in [0.25, 0.3) is 5.91 Å². The quantitative estimate of drug-likeness (QED) is 0.796. The molecule has 1 rings (SSSR count). The highest BCUT2D eigenvalue weighted by Crippen LogP contribution is 2.26. The van der Waals surface area contributed by atoms with Gasteiger partial charge < -0.3 is 5.32 Å². The number of hydrogen-bond acceptors (Lipinski definition) is 1. The lowest BCUT2D eigenvalue weighted by Crippen LogP contribution is -2.31. The Hall–Kier alpha value is -0.730. The summed E-state index contributed by atoms with van der Waals surface area (Å²) in [7, 11) is 0. The molecule has 0 heterocycles. The molecule has 0 radical (unpaired) electrons. The van der Waals surface area contributed by atoms with Gasteiger partial charge in [-0.2, -0.15) is 0 Å². The molecule has 0 saturated carbocycles. The Morgan fingerprint density at radius 2 is 1.93 bits per heavy atom. The number of benzene rings is 1. The number of anilines is 1. The Morgan fingerprint density at radius 1 is 1.36 bits per heavy atom. The minimum Gasteiger partial charge on any atom is -0.323 e. The van der Waals surface area contributed by atoms with Gasteiger partial charge in [0, 0.05) is 5.69 Å². The first-order valence-corrected chi connectivity index (χ1v) is 5.06. The molecule has 0 fully saturated rings. The number of nitrogens with one attached hydrogen (secondary N) is 1. The molecule has 76 valence electrons. The molecular weight excluding hydrogens is 221 g/mol. The van der Waals surface area contributed by atoms with Gasteiger partial charge in [-0.15, -0.1) is 0 Å². The van der Waals surface area contributed by atoms with Crippen LogP contribution >= 0.6 is 23.2 Å². The molecule has 0 aliphatic rings. The molecule has 1 aromatic carbocycles. The zero-order chi connectivity index (χ0) is 10.6. The summed E-state index contributed by atoms with van der Waals surface area (Å²) < 4.78 is -1.35. The second-order valence-electron chi connectivity index (χ2n) is 2.88. The number of hydrogen-bond donors (Lipinski definition) is 1. The summed E-state index contributed by atoms with van der Waals surface area (Å²) in [5.41, 5.74) is 0.691. The van der Waals surface area contributed by atoms with Crippen molar-refractivity contribution in [2.75, 3.05) is 5.32 Å². The number of carbonyl (C=O) groups excluding carboxylic acids is 1. The third kappa shape index (κ3) is 2.89. The molecule has 0 bridgehead atoms. The summed E-state index contributed by atoms with van der Waals surface area (Å²) in [4.78, 5) is 11.5. The van der Waals surface area contributed by atoms with Crippen LogP contribution in [0.25, 0.3) is 0 Å². The van der Waals surface area contributed by atoms with Gasteiger partial charge in [0.15, 0.2) is 4.33 Å². The van der Waals surface area contributed by atoms with Gasteiger partial charge in [-0.05, 0) is 18.6 Å². The van der Waals surface area contributed by atoms with E-state index in [1.165, 1.54) is 0 Å². The summed E-state index contributed by atoms with van der Waals surface area (Å²) in [5, 5.41) is 2.63. The molecule has 0 saturated heterocycles. The first-order valence-electron chi connectivity index (χ1n) is 4.30. The standard InChI is InChI=1S/C10H11Cl2NO/c1-2-10(11,12)9(14)13-8-6-4-3-5-7-8/h3-7H,2H2,1H3,(H,13,14). The van der Waals surface area contributed by atoms with Crippen molar-refractivity contribution < 1.29 is 4.79 Å². The minimum atomic E-state index is -1.35. The Balaban J connectivity index is 2.67. The number of amides is 1. The molecule has 1 amide bonds. The van der Waals surface area contributed by atoms with E-state index in [4.69, 9.17) is 23.2 Å². The Bertz CT molecular complexity index is 311. The van der Waals surface area contributed by atoms with E-state index in [1.54, 1.807) is 19.1 Å². The van der Waals surface area contributed by atoms with Crippen LogP contribution in [0.5, 0.6) is 0 Å². The maximum atomic E-state index is 11.5. The van der Waals surface area contributed by atoms with Crippen LogP contribution in [-0.2, 0) is 4.79 Å². The molecule has 14 heavy (non-hydrogen) atoms. The monoisotopic (exact) mass is 231 g/mol. The van der Waals surface area contributed by atoms with Gasteiger partial charge in [0.05, 0.1) is 0 Å². The van der Waals surface area contributed by atoms with Crippen LogP contribution in [0, 0.1) is 0 Å². The summed E-state index contributed by atoms with van der Waals surface area (Å²) >= 11 is 11.5. The van der Waals surface area contributed by atoms with Crippen molar-refractivity contribution >= 4 is 34.8 Å². The lowest BCUT2D eigenvalue weighted by Gasteiger charge is -2.16. The van der Waals surface area contributed by atoms with Crippen molar-refractivity contribution in [1.82, 2.24) is 0 Å². The van der Waals surface area contributed by atoms with Gasteiger partial charge in [0.2, 0.25) is 0 Å². The van der Waals surface area contributed by atoms with E-state index in [-0.39, 0.29) is 0 Å². The van der Waals surface area contributed by atoms with Gasteiger partial charge >= 0.3 is 0 Å². The third-order valence-corrected chi connectivity index (χ3v) is 2.69. The average Bonchev–Trinajstić information content (AvgIpc) is 2.19. The molecule has 0 spiro atoms. The molecule has 4 heteroatoms. The first-order chi connectivity index (χ1) is 6.56. The summed E-state index contributed by atoms with van der Waals surface area (Å²) in [6, 6.07) is 9.07. The number of halogens is 2. The predicted molar refractivity (Wildman–Crippen MR) is 59.8 cm³/mol. The highest BCUT2D eigenvalue weighted by atomic mass is 35.5. The average molecular weight is 232 g/mol. The molecular formula is C10H11Cl2NO. The molecule has 0 unspecified atom stereocenters. The fourth-order valence-corrected chi connectivity index (χ4v) is 0.999. The molecule has 2 nitrogen and oxygen atoms in total. The lowest BCUT2D eigenvalue weighted by molar-refractivity contribution is -0.116. The predicted octanol–water partition coefficient (Wildman–Crippen LogP) is 3.21. The first kappa shape index (κ1) is 11.3. The van der Waals surface area contributed by atoms with Crippen molar-refractivity contribution in [3.8, 4) is 0 Å². The highest BCUT2D eigenvalue weighted by Gasteiger charge is 2.31. The van der Waals surface area contributed by atoms with E-state index in [0.717, 1.165) is 0 Å². The Labute approximate surface area is 93.2 Å². The SMILES string of the molecule is CCC(Cl)(Cl)C(=O)Nc1ccccc1. The highest BCUT2D eigenvalue weighted by molar-refractivity contribution is 6.59. The smallest absolute Gasteiger partial charge is 0.260 e. The van der Waals surface area contributed by atoms with Gasteiger partial charge in [-0.3, -0.25) is 4.79 Å². The molecule has 0 aromatic heterocycles. The van der Waals surface area contributed by atoms with E-state index in [1.807, 2.05) is 18.2 Å². The van der Waals surface area contributed by atoms with E-state index >= 15 is 0 Å². The van der Waals surface area contributed by atoms with Gasteiger partial charge in [-0.1, -0.05) is 48.3 Å². The zero-order valence-corrected chi connectivity index (χ0v) is 9.27. The molecule has 0 atom stereocenters. The lowest BCUT2D eigenvalue weighted by atomic mass is 10.2. The molecule has 1 N–H and O–H groups in total. The van der Waals surface area contributed by atoms with Crippen molar-refractivity contribution in [1.29, 1.82) is 0 Å². The van der Waals surface area contributed by atoms with Gasteiger partial charge in [-0.25, -0.2) is 0 Å². The van der Waals surface area contributed by atoms with Crippen molar-refractivity contribution in [2.45, 2.75) is 17.7 Å². The number of para-hydroxylation sites is 1. The number of rotatable bonds is 3. The van der Waals surface area contributed by atoms with Gasteiger partial charge in [0.1, 0.15) is 0 Å². The minimum absolute atomic E-state index is 0.370. The van der Waals surface area contributed by atoms with E-state index in [2.05, 4.69) is 5.32 Å². The maximum Gasteiger partial charge on any atom is 0.260 e. The molecule has 1 aromatic rings. The van der Waals surface area contributed by atoms with Crippen molar-refractivity contribution in [3.63, 3.8) is 0 Å². The van der Waals surface area contributed by atoms with Crippen LogP contribution in [0.3, 0.4) is 0 Å². The van der Waals surface area contributed by atoms with Crippen LogP contribution in [0.4, 0.5) is 5.69 Å². The second-order valence-corrected chi connectivity index (χ2v) is 4.36. The van der Waals surface area contributed by atoms with E-state index < -0.39 is 10.2 Å². The Morgan fingerprint density at radius 3 is 2.43 bits per heavy atom. The summed E-state index contributed by atoms with van der Waals surface area (Å²) in [5.74, 6) is -0.394. The van der Waals surface area contributed by atoms with Crippen LogP contribution in [0.1, 0.15) is 13.3 Å². The fraction of sp³-hybridized carbons (Fsp3) is 0.300. The van der Waals surface area contributed by atoms with Crippen molar-refractivity contribution in [3.05, 3.63) is 30.3 Å². The van der Waals surface area contributed by atoms with Crippen LogP contribution in [0.2, 0.25) is 0 Å². The number of carbonyl (C=O) groups is 1. The van der Waals surface area contributed by atoms with Crippen LogP contribution in [-0.4, -0.2) is 10.2 Å². The maximum absolute atomic E-state index is 11.5. The second kappa shape index (κ2) is 4.67. The largest absolute Gasteiger partial charge is 0.323 e. The van der Waals surface area contributed by atoms with Crippen LogP contribution in [0.15, 0.2) is 30.3 Å². The third-order valence-electron chi connectivity index (χ3n) is 1.81. The fourth-order valence-electron chi connectivity index (χ4n) is 0.905. The topological polar surface area (TPSA) is 29.1 Å². The van der Waals surface area contributed by atoms with E-state index in [9.17, 15) is 4.79 Å². The van der Waals surface area contributed by atoms with E-state index in [0.29, 0.717) is 12.1 Å².